The van der Waals surface area contributed by atoms with Crippen molar-refractivity contribution in [1.82, 2.24) is 5.32 Å². The standard InChI is InChI=1S/C19H22FNO5/c20-15-6-7-16(14(10-15)11-22)18(24)17(23)8-9-21-19(25)26-12-13-4-2-1-3-5-13/h1-7,10,17-18,22-24H,8-9,11-12H2,(H,21,25). The van der Waals surface area contributed by atoms with Crippen LogP contribution in [0, 0.1) is 5.82 Å². The molecule has 26 heavy (non-hydrogen) atoms. The van der Waals surface area contributed by atoms with Crippen molar-refractivity contribution in [1.29, 1.82) is 0 Å². The lowest BCUT2D eigenvalue weighted by molar-refractivity contribution is 0.0125. The van der Waals surface area contributed by atoms with Crippen LogP contribution in [0.25, 0.3) is 0 Å². The third-order valence-electron chi connectivity index (χ3n) is 3.88. The van der Waals surface area contributed by atoms with Gasteiger partial charge in [-0.2, -0.15) is 0 Å². The number of halogens is 1. The normalized spacial score (nSPS) is 13.1. The van der Waals surface area contributed by atoms with Crippen molar-refractivity contribution in [3.05, 3.63) is 71.0 Å². The summed E-state index contributed by atoms with van der Waals surface area (Å²) in [5.74, 6) is -0.540. The van der Waals surface area contributed by atoms with Crippen molar-refractivity contribution in [2.24, 2.45) is 0 Å². The molecule has 0 aliphatic rings. The number of alkyl carbamates (subject to hydrolysis) is 1. The van der Waals surface area contributed by atoms with E-state index in [2.05, 4.69) is 5.32 Å². The van der Waals surface area contributed by atoms with E-state index in [-0.39, 0.29) is 30.7 Å². The molecule has 0 fully saturated rings. The zero-order valence-electron chi connectivity index (χ0n) is 14.1. The molecule has 7 heteroatoms. The number of rotatable bonds is 8. The van der Waals surface area contributed by atoms with E-state index in [0.717, 1.165) is 17.7 Å². The number of hydrogen-bond donors (Lipinski definition) is 4. The third kappa shape index (κ3) is 5.80. The quantitative estimate of drug-likeness (QED) is 0.575. The molecule has 0 aromatic heterocycles. The Kier molecular flexibility index (Phi) is 7.53. The zero-order chi connectivity index (χ0) is 18.9. The Morgan fingerprint density at radius 1 is 1.15 bits per heavy atom. The molecular weight excluding hydrogens is 341 g/mol. The molecule has 2 aromatic carbocycles. The fraction of sp³-hybridized carbons (Fsp3) is 0.316. The van der Waals surface area contributed by atoms with Gasteiger partial charge in [0.2, 0.25) is 0 Å². The van der Waals surface area contributed by atoms with Crippen molar-refractivity contribution < 1.29 is 29.2 Å². The maximum Gasteiger partial charge on any atom is 0.407 e. The van der Waals surface area contributed by atoms with E-state index < -0.39 is 30.7 Å². The van der Waals surface area contributed by atoms with Gasteiger partial charge in [-0.3, -0.25) is 0 Å². The smallest absolute Gasteiger partial charge is 0.407 e. The molecule has 0 bridgehead atoms. The Hall–Kier alpha value is -2.48. The van der Waals surface area contributed by atoms with Crippen LogP contribution in [0.1, 0.15) is 29.2 Å². The average Bonchev–Trinajstić information content (AvgIpc) is 2.66. The first-order valence-electron chi connectivity index (χ1n) is 8.21. The molecule has 2 atom stereocenters. The largest absolute Gasteiger partial charge is 0.445 e. The highest BCUT2D eigenvalue weighted by Crippen LogP contribution is 2.23. The van der Waals surface area contributed by atoms with E-state index in [4.69, 9.17) is 4.74 Å². The van der Waals surface area contributed by atoms with Crippen LogP contribution in [0.5, 0.6) is 0 Å². The van der Waals surface area contributed by atoms with Gasteiger partial charge in [-0.1, -0.05) is 36.4 Å². The summed E-state index contributed by atoms with van der Waals surface area (Å²) in [7, 11) is 0. The fourth-order valence-electron chi connectivity index (χ4n) is 2.46. The summed E-state index contributed by atoms with van der Waals surface area (Å²) < 4.78 is 18.2. The monoisotopic (exact) mass is 363 g/mol. The molecule has 6 nitrogen and oxygen atoms in total. The number of benzene rings is 2. The van der Waals surface area contributed by atoms with Crippen LogP contribution in [0.4, 0.5) is 9.18 Å². The minimum absolute atomic E-state index is 0.0594. The van der Waals surface area contributed by atoms with Gasteiger partial charge in [-0.15, -0.1) is 0 Å². The Morgan fingerprint density at radius 3 is 2.58 bits per heavy atom. The maximum atomic E-state index is 13.2. The lowest BCUT2D eigenvalue weighted by atomic mass is 9.97. The second kappa shape index (κ2) is 9.86. The van der Waals surface area contributed by atoms with Gasteiger partial charge in [-0.05, 0) is 35.2 Å². The SMILES string of the molecule is O=C(NCCC(O)C(O)c1ccc(F)cc1CO)OCc1ccccc1. The fourth-order valence-corrected chi connectivity index (χ4v) is 2.46. The number of nitrogens with one attached hydrogen (secondary N) is 1. The molecule has 0 radical (unpaired) electrons. The van der Waals surface area contributed by atoms with Gasteiger partial charge in [0.1, 0.15) is 18.5 Å². The van der Waals surface area contributed by atoms with Gasteiger partial charge in [0.15, 0.2) is 0 Å². The molecular formula is C19H22FNO5. The lowest BCUT2D eigenvalue weighted by Crippen LogP contribution is -2.30. The summed E-state index contributed by atoms with van der Waals surface area (Å²) in [4.78, 5) is 11.6. The number of aliphatic hydroxyl groups is 3. The number of aliphatic hydroxyl groups excluding tert-OH is 3. The highest BCUT2D eigenvalue weighted by Gasteiger charge is 2.21. The Labute approximate surface area is 150 Å². The maximum absolute atomic E-state index is 13.2. The summed E-state index contributed by atoms with van der Waals surface area (Å²) in [5, 5.41) is 32.0. The van der Waals surface area contributed by atoms with E-state index in [1.165, 1.54) is 6.07 Å². The summed E-state index contributed by atoms with van der Waals surface area (Å²) in [6.07, 6.45) is -3.07. The second-order valence-electron chi connectivity index (χ2n) is 5.79. The number of hydrogen-bond acceptors (Lipinski definition) is 5. The van der Waals surface area contributed by atoms with E-state index in [1.807, 2.05) is 30.3 Å². The molecule has 2 unspecified atom stereocenters. The third-order valence-corrected chi connectivity index (χ3v) is 3.88. The predicted octanol–water partition coefficient (Wildman–Crippen LogP) is 2.03. The van der Waals surface area contributed by atoms with Crippen molar-refractivity contribution in [3.63, 3.8) is 0 Å². The number of carbonyl (C=O) groups excluding carboxylic acids is 1. The molecule has 0 saturated carbocycles. The summed E-state index contributed by atoms with van der Waals surface area (Å²) in [6.45, 7) is -0.240. The van der Waals surface area contributed by atoms with Crippen molar-refractivity contribution >= 4 is 6.09 Å². The topological polar surface area (TPSA) is 99.0 Å². The van der Waals surface area contributed by atoms with Crippen LogP contribution in [0.2, 0.25) is 0 Å². The van der Waals surface area contributed by atoms with Gasteiger partial charge < -0.3 is 25.4 Å². The van der Waals surface area contributed by atoms with Crippen LogP contribution in [0.3, 0.4) is 0 Å². The first-order valence-corrected chi connectivity index (χ1v) is 8.21. The molecule has 2 rings (SSSR count). The van der Waals surface area contributed by atoms with Crippen LogP contribution in [0.15, 0.2) is 48.5 Å². The van der Waals surface area contributed by atoms with Gasteiger partial charge in [0, 0.05) is 6.54 Å². The highest BCUT2D eigenvalue weighted by atomic mass is 19.1. The highest BCUT2D eigenvalue weighted by molar-refractivity contribution is 5.67. The Balaban J connectivity index is 1.77. The number of amides is 1. The molecule has 0 saturated heterocycles. The van der Waals surface area contributed by atoms with Crippen LogP contribution < -0.4 is 5.32 Å². The summed E-state index contributed by atoms with van der Waals surface area (Å²) in [5.41, 5.74) is 1.30. The van der Waals surface area contributed by atoms with Crippen LogP contribution >= 0.6 is 0 Å². The molecule has 4 N–H and O–H groups in total. The molecule has 0 aliphatic carbocycles. The molecule has 0 heterocycles. The zero-order valence-corrected chi connectivity index (χ0v) is 14.1. The first kappa shape index (κ1) is 19.8. The van der Waals surface area contributed by atoms with Gasteiger partial charge in [0.05, 0.1) is 12.7 Å². The molecule has 140 valence electrons. The minimum Gasteiger partial charge on any atom is -0.445 e. The first-order chi connectivity index (χ1) is 12.5. The van der Waals surface area contributed by atoms with Gasteiger partial charge in [-0.25, -0.2) is 9.18 Å². The van der Waals surface area contributed by atoms with Crippen LogP contribution in [-0.4, -0.2) is 34.1 Å². The number of ether oxygens (including phenoxy) is 1. The predicted molar refractivity (Wildman–Crippen MR) is 92.5 cm³/mol. The van der Waals surface area contributed by atoms with Crippen molar-refractivity contribution in [3.8, 4) is 0 Å². The Bertz CT molecular complexity index is 710. The van der Waals surface area contributed by atoms with Crippen LogP contribution in [-0.2, 0) is 18.0 Å². The van der Waals surface area contributed by atoms with E-state index in [9.17, 15) is 24.5 Å². The number of carbonyl (C=O) groups is 1. The molecule has 0 aliphatic heterocycles. The van der Waals surface area contributed by atoms with Crippen molar-refractivity contribution in [2.45, 2.75) is 31.8 Å². The van der Waals surface area contributed by atoms with E-state index in [1.54, 1.807) is 0 Å². The average molecular weight is 363 g/mol. The van der Waals surface area contributed by atoms with E-state index >= 15 is 0 Å². The minimum atomic E-state index is -1.31. The Morgan fingerprint density at radius 2 is 1.88 bits per heavy atom. The van der Waals surface area contributed by atoms with Gasteiger partial charge >= 0.3 is 6.09 Å². The van der Waals surface area contributed by atoms with Crippen molar-refractivity contribution in [2.75, 3.05) is 6.54 Å². The summed E-state index contributed by atoms with van der Waals surface area (Å²) >= 11 is 0. The van der Waals surface area contributed by atoms with E-state index in [0.29, 0.717) is 0 Å². The molecule has 2 aromatic rings. The lowest BCUT2D eigenvalue weighted by Gasteiger charge is -2.20. The summed E-state index contributed by atoms with van der Waals surface area (Å²) in [6, 6.07) is 12.8. The molecule has 1 amide bonds. The van der Waals surface area contributed by atoms with Gasteiger partial charge in [0.25, 0.3) is 0 Å². The molecule has 0 spiro atoms. The second-order valence-corrected chi connectivity index (χ2v) is 5.79.